The van der Waals surface area contributed by atoms with Gasteiger partial charge >= 0.3 is 5.97 Å². The van der Waals surface area contributed by atoms with Crippen LogP contribution in [-0.4, -0.2) is 40.0 Å². The summed E-state index contributed by atoms with van der Waals surface area (Å²) in [5.74, 6) is -0.145. The van der Waals surface area contributed by atoms with E-state index in [1.54, 1.807) is 13.3 Å². The fourth-order valence-electron chi connectivity index (χ4n) is 4.52. The summed E-state index contributed by atoms with van der Waals surface area (Å²) in [7, 11) is 1.61. The van der Waals surface area contributed by atoms with Crippen LogP contribution in [0.3, 0.4) is 0 Å². The van der Waals surface area contributed by atoms with Crippen molar-refractivity contribution in [2.24, 2.45) is 0 Å². The van der Waals surface area contributed by atoms with E-state index in [2.05, 4.69) is 34.7 Å². The van der Waals surface area contributed by atoms with Crippen molar-refractivity contribution in [1.82, 2.24) is 19.8 Å². The van der Waals surface area contributed by atoms with Gasteiger partial charge in [0, 0.05) is 17.8 Å². The molecule has 8 nitrogen and oxygen atoms in total. The fourth-order valence-corrected chi connectivity index (χ4v) is 5.24. The minimum Gasteiger partial charge on any atom is -0.497 e. The van der Waals surface area contributed by atoms with E-state index in [9.17, 15) is 9.59 Å². The van der Waals surface area contributed by atoms with Crippen molar-refractivity contribution < 1.29 is 19.1 Å². The lowest BCUT2D eigenvalue weighted by atomic mass is 10.0. The third kappa shape index (κ3) is 4.71. The smallest absolute Gasteiger partial charge is 0.312 e. The Morgan fingerprint density at radius 2 is 1.87 bits per heavy atom. The molecule has 1 aliphatic heterocycles. The quantitative estimate of drug-likeness (QED) is 0.309. The Morgan fingerprint density at radius 1 is 1.05 bits per heavy atom. The minimum atomic E-state index is -0.507. The van der Waals surface area contributed by atoms with Crippen LogP contribution < -0.4 is 10.2 Å². The first-order valence-corrected chi connectivity index (χ1v) is 13.0. The first-order chi connectivity index (χ1) is 18.6. The van der Waals surface area contributed by atoms with Crippen LogP contribution in [0, 0.1) is 0 Å². The van der Waals surface area contributed by atoms with Crippen LogP contribution in [0.2, 0.25) is 0 Å². The predicted octanol–water partition coefficient (Wildman–Crippen LogP) is 4.77. The lowest BCUT2D eigenvalue weighted by Gasteiger charge is -2.25. The summed E-state index contributed by atoms with van der Waals surface area (Å²) in [6.07, 6.45) is 5.67. The summed E-state index contributed by atoms with van der Waals surface area (Å²) in [4.78, 5) is 31.0. The van der Waals surface area contributed by atoms with Gasteiger partial charge in [0.2, 0.25) is 0 Å². The molecule has 38 heavy (non-hydrogen) atoms. The molecule has 190 valence electrons. The Kier molecular flexibility index (Phi) is 6.27. The molecule has 0 radical (unpaired) electrons. The van der Waals surface area contributed by atoms with Gasteiger partial charge in [-0.15, -0.1) is 11.3 Å². The predicted molar refractivity (Wildman–Crippen MR) is 145 cm³/mol. The lowest BCUT2D eigenvalue weighted by molar-refractivity contribution is -0.153. The maximum absolute atomic E-state index is 13.3. The number of hydrogen-bond donors (Lipinski definition) is 1. The Hall–Kier alpha value is -4.63. The average molecular weight is 525 g/mol. The number of benzene rings is 3. The number of ether oxygens (including phenoxy) is 2. The van der Waals surface area contributed by atoms with E-state index in [-0.39, 0.29) is 18.9 Å². The summed E-state index contributed by atoms with van der Waals surface area (Å²) in [6.45, 7) is -0.389. The van der Waals surface area contributed by atoms with E-state index in [1.165, 1.54) is 16.3 Å². The number of methoxy groups -OCH3 is 1. The molecule has 3 aromatic carbocycles. The molecule has 1 atom stereocenters. The highest BCUT2D eigenvalue weighted by Gasteiger charge is 2.31. The van der Waals surface area contributed by atoms with Gasteiger partial charge < -0.3 is 9.47 Å². The van der Waals surface area contributed by atoms with E-state index in [0.717, 1.165) is 38.3 Å². The molecule has 0 unspecified atom stereocenters. The molecule has 9 heteroatoms. The van der Waals surface area contributed by atoms with Crippen LogP contribution >= 0.6 is 11.3 Å². The number of aromatic nitrogens is 2. The van der Waals surface area contributed by atoms with E-state index in [1.807, 2.05) is 64.5 Å². The molecule has 2 aromatic heterocycles. The van der Waals surface area contributed by atoms with E-state index in [4.69, 9.17) is 9.47 Å². The van der Waals surface area contributed by atoms with Crippen LogP contribution in [0.15, 0.2) is 90.6 Å². The number of imidazole rings is 1. The van der Waals surface area contributed by atoms with Crippen LogP contribution in [-0.2, 0) is 20.7 Å². The fraction of sp³-hybridized carbons (Fsp3) is 0.138. The highest BCUT2D eigenvalue weighted by atomic mass is 32.1. The van der Waals surface area contributed by atoms with Crippen LogP contribution in [0.25, 0.3) is 21.4 Å². The van der Waals surface area contributed by atoms with Crippen molar-refractivity contribution in [2.45, 2.75) is 12.5 Å². The van der Waals surface area contributed by atoms with Gasteiger partial charge in [0.1, 0.15) is 5.75 Å². The Morgan fingerprint density at radius 3 is 2.66 bits per heavy atom. The van der Waals surface area contributed by atoms with Gasteiger partial charge in [0.05, 0.1) is 31.0 Å². The van der Waals surface area contributed by atoms with Gasteiger partial charge in [-0.3, -0.25) is 19.4 Å². The second kappa shape index (κ2) is 10.0. The highest BCUT2D eigenvalue weighted by Crippen LogP contribution is 2.33. The molecule has 5 aromatic rings. The second-order valence-corrected chi connectivity index (χ2v) is 9.77. The molecule has 6 rings (SSSR count). The van der Waals surface area contributed by atoms with Crippen molar-refractivity contribution in [1.29, 1.82) is 0 Å². The lowest BCUT2D eigenvalue weighted by Crippen LogP contribution is -2.42. The van der Waals surface area contributed by atoms with E-state index < -0.39 is 12.0 Å². The molecule has 0 saturated heterocycles. The normalized spacial score (nSPS) is 14.9. The Bertz CT molecular complexity index is 1640. The SMILES string of the molecule is COc1ccc([C@H]2C=C(c3ccc4ccccc4c3)NN2C(=O)COC(=O)Cc2cn3ccsc3n2)cc1. The number of nitrogens with zero attached hydrogens (tertiary/aromatic N) is 3. The number of hydrogen-bond acceptors (Lipinski definition) is 7. The number of esters is 1. The number of amides is 1. The third-order valence-electron chi connectivity index (χ3n) is 6.46. The standard InChI is InChI=1S/C29H24N4O4S/c1-36-24-10-8-20(9-11-24)26-16-25(22-7-6-19-4-2-3-5-21(19)14-22)31-33(26)27(34)18-37-28(35)15-23-17-32-12-13-38-29(32)30-23/h2-14,16-17,26,31H,15,18H2,1H3/t26-/m1/s1. The van der Waals surface area contributed by atoms with Crippen molar-refractivity contribution in [2.75, 3.05) is 13.7 Å². The van der Waals surface area contributed by atoms with E-state index >= 15 is 0 Å². The zero-order valence-electron chi connectivity index (χ0n) is 20.5. The number of carbonyl (C=O) groups excluding carboxylic acids is 2. The Balaban J connectivity index is 1.20. The zero-order valence-corrected chi connectivity index (χ0v) is 21.4. The summed E-state index contributed by atoms with van der Waals surface area (Å²) in [5, 5.41) is 5.67. The minimum absolute atomic E-state index is 0.00237. The molecule has 3 heterocycles. The molecule has 0 bridgehead atoms. The maximum atomic E-state index is 13.3. The molecular formula is C29H24N4O4S. The second-order valence-electron chi connectivity index (χ2n) is 8.90. The third-order valence-corrected chi connectivity index (χ3v) is 7.23. The summed E-state index contributed by atoms with van der Waals surface area (Å²) >= 11 is 1.49. The molecule has 0 saturated carbocycles. The van der Waals surface area contributed by atoms with E-state index in [0.29, 0.717) is 5.69 Å². The van der Waals surface area contributed by atoms with Crippen molar-refractivity contribution in [3.63, 3.8) is 0 Å². The van der Waals surface area contributed by atoms with Gasteiger partial charge in [0.15, 0.2) is 11.6 Å². The van der Waals surface area contributed by atoms with Crippen LogP contribution in [0.5, 0.6) is 5.75 Å². The van der Waals surface area contributed by atoms with Gasteiger partial charge in [-0.1, -0.05) is 48.5 Å². The van der Waals surface area contributed by atoms with Gasteiger partial charge in [-0.2, -0.15) is 0 Å². The topological polar surface area (TPSA) is 85.2 Å². The molecule has 1 amide bonds. The maximum Gasteiger partial charge on any atom is 0.312 e. The van der Waals surface area contributed by atoms with Crippen molar-refractivity contribution in [3.8, 4) is 5.75 Å². The number of thiazole rings is 1. The van der Waals surface area contributed by atoms with Crippen LogP contribution in [0.1, 0.15) is 22.9 Å². The number of carbonyl (C=O) groups is 2. The Labute approximate surface area is 222 Å². The first-order valence-electron chi connectivity index (χ1n) is 12.1. The van der Waals surface area contributed by atoms with Gasteiger partial charge in [-0.25, -0.2) is 9.99 Å². The first kappa shape index (κ1) is 23.7. The monoisotopic (exact) mass is 524 g/mol. The summed E-state index contributed by atoms with van der Waals surface area (Å²) in [5.41, 5.74) is 6.50. The zero-order chi connectivity index (χ0) is 26.1. The average Bonchev–Trinajstić information content (AvgIpc) is 3.67. The van der Waals surface area contributed by atoms with Crippen molar-refractivity contribution >= 4 is 44.6 Å². The molecule has 0 spiro atoms. The highest BCUT2D eigenvalue weighted by molar-refractivity contribution is 7.15. The number of nitrogens with one attached hydrogen (secondary N) is 1. The van der Waals surface area contributed by atoms with Gasteiger partial charge in [0.25, 0.3) is 5.91 Å². The molecular weight excluding hydrogens is 500 g/mol. The van der Waals surface area contributed by atoms with Crippen molar-refractivity contribution in [3.05, 3.63) is 107 Å². The largest absolute Gasteiger partial charge is 0.497 e. The molecule has 0 aliphatic carbocycles. The summed E-state index contributed by atoms with van der Waals surface area (Å²) < 4.78 is 12.5. The molecule has 0 fully saturated rings. The number of rotatable bonds is 7. The van der Waals surface area contributed by atoms with Crippen LogP contribution in [0.4, 0.5) is 0 Å². The number of fused-ring (bicyclic) bond motifs is 2. The molecule has 1 N–H and O–H groups in total. The van der Waals surface area contributed by atoms with Gasteiger partial charge in [-0.05, 0) is 46.2 Å². The molecule has 1 aliphatic rings. The summed E-state index contributed by atoms with van der Waals surface area (Å²) in [6, 6.07) is 21.4. The number of hydrazine groups is 1.